The molecule has 0 aliphatic carbocycles. The van der Waals surface area contributed by atoms with Gasteiger partial charge in [-0.25, -0.2) is 0 Å². The van der Waals surface area contributed by atoms with Crippen molar-refractivity contribution in [1.82, 2.24) is 9.13 Å². The van der Waals surface area contributed by atoms with Crippen LogP contribution in [0, 0.1) is 0 Å². The number of para-hydroxylation sites is 2. The highest BCUT2D eigenvalue weighted by atomic mass is 32.1. The van der Waals surface area contributed by atoms with E-state index in [0.29, 0.717) is 0 Å². The van der Waals surface area contributed by atoms with Crippen LogP contribution >= 0.6 is 11.3 Å². The smallest absolute Gasteiger partial charge is 0.0648 e. The van der Waals surface area contributed by atoms with Crippen molar-refractivity contribution in [3.05, 3.63) is 144 Å². The van der Waals surface area contributed by atoms with E-state index in [1.165, 1.54) is 76.9 Å². The SMILES string of the molecule is c1cc(-c2ccc(-n3c4ccccc4c4ccccc43)cc2)cc(-n2c3cscc3c3c4ccccc4ccc32)c1. The highest BCUT2D eigenvalue weighted by Crippen LogP contribution is 2.39. The molecular formula is C38H24N2S. The summed E-state index contributed by atoms with van der Waals surface area (Å²) in [5.74, 6) is 0. The molecule has 0 fully saturated rings. The summed E-state index contributed by atoms with van der Waals surface area (Å²) < 4.78 is 4.79. The van der Waals surface area contributed by atoms with Crippen molar-refractivity contribution in [3.63, 3.8) is 0 Å². The average molecular weight is 541 g/mol. The predicted octanol–water partition coefficient (Wildman–Crippen LogP) is 10.8. The number of rotatable bonds is 3. The molecule has 0 aliphatic rings. The van der Waals surface area contributed by atoms with Gasteiger partial charge in [-0.15, -0.1) is 11.3 Å². The van der Waals surface area contributed by atoms with Gasteiger partial charge in [0.25, 0.3) is 0 Å². The van der Waals surface area contributed by atoms with Crippen LogP contribution in [-0.4, -0.2) is 9.13 Å². The Morgan fingerprint density at radius 1 is 0.390 bits per heavy atom. The monoisotopic (exact) mass is 540 g/mol. The zero-order valence-corrected chi connectivity index (χ0v) is 23.0. The van der Waals surface area contributed by atoms with Gasteiger partial charge >= 0.3 is 0 Å². The van der Waals surface area contributed by atoms with Gasteiger partial charge < -0.3 is 9.13 Å². The second-order valence-corrected chi connectivity index (χ2v) is 11.4. The molecule has 3 aromatic heterocycles. The summed E-state index contributed by atoms with van der Waals surface area (Å²) in [6.45, 7) is 0. The molecule has 0 bridgehead atoms. The first-order chi connectivity index (χ1) is 20.3. The third-order valence-corrected chi connectivity index (χ3v) is 9.17. The Kier molecular flexibility index (Phi) is 4.80. The van der Waals surface area contributed by atoms with Crippen molar-refractivity contribution >= 4 is 65.7 Å². The highest BCUT2D eigenvalue weighted by molar-refractivity contribution is 7.09. The van der Waals surface area contributed by atoms with Crippen molar-refractivity contribution in [2.45, 2.75) is 0 Å². The molecule has 3 heterocycles. The first-order valence-electron chi connectivity index (χ1n) is 13.9. The number of benzene rings is 6. The normalized spacial score (nSPS) is 11.9. The maximum Gasteiger partial charge on any atom is 0.0648 e. The molecule has 0 saturated heterocycles. The fraction of sp³-hybridized carbons (Fsp3) is 0. The molecule has 0 unspecified atom stereocenters. The van der Waals surface area contributed by atoms with Crippen LogP contribution in [0.15, 0.2) is 144 Å². The van der Waals surface area contributed by atoms with Crippen LogP contribution in [0.3, 0.4) is 0 Å². The highest BCUT2D eigenvalue weighted by Gasteiger charge is 2.16. The minimum absolute atomic E-state index is 1.17. The lowest BCUT2D eigenvalue weighted by atomic mass is 10.0. The second-order valence-electron chi connectivity index (χ2n) is 10.7. The molecule has 0 saturated carbocycles. The van der Waals surface area contributed by atoms with Crippen molar-refractivity contribution in [2.75, 3.05) is 0 Å². The van der Waals surface area contributed by atoms with E-state index in [1.807, 2.05) is 0 Å². The van der Waals surface area contributed by atoms with Crippen molar-refractivity contribution in [3.8, 4) is 22.5 Å². The van der Waals surface area contributed by atoms with E-state index >= 15 is 0 Å². The molecule has 0 amide bonds. The first kappa shape index (κ1) is 22.7. The number of aromatic nitrogens is 2. The molecule has 41 heavy (non-hydrogen) atoms. The van der Waals surface area contributed by atoms with Crippen LogP contribution < -0.4 is 0 Å². The lowest BCUT2D eigenvalue weighted by Crippen LogP contribution is -1.95. The van der Waals surface area contributed by atoms with E-state index < -0.39 is 0 Å². The minimum atomic E-state index is 1.17. The maximum atomic E-state index is 2.42. The standard InChI is InChI=1S/C38H24N2S/c1-2-11-30-26(8-1)18-21-36-38(30)33-23-41-24-37(33)40(36)29-10-7-9-27(22-29)25-16-19-28(20-17-25)39-34-14-5-3-12-31(34)32-13-4-6-15-35(32)39/h1-24H. The summed E-state index contributed by atoms with van der Waals surface area (Å²) in [7, 11) is 0. The van der Waals surface area contributed by atoms with Crippen LogP contribution in [0.25, 0.3) is 76.9 Å². The van der Waals surface area contributed by atoms with E-state index in [2.05, 4.69) is 153 Å². The third-order valence-electron chi connectivity index (χ3n) is 8.44. The first-order valence-corrected chi connectivity index (χ1v) is 14.9. The van der Waals surface area contributed by atoms with Crippen molar-refractivity contribution < 1.29 is 0 Å². The quantitative estimate of drug-likeness (QED) is 0.211. The number of thiophene rings is 1. The molecule has 9 rings (SSSR count). The van der Waals surface area contributed by atoms with Gasteiger partial charge in [-0.1, -0.05) is 91.0 Å². The molecule has 2 nitrogen and oxygen atoms in total. The second kappa shape index (κ2) is 8.69. The molecule has 9 aromatic rings. The average Bonchev–Trinajstić information content (AvgIpc) is 3.72. The maximum absolute atomic E-state index is 2.42. The van der Waals surface area contributed by atoms with Gasteiger partial charge in [-0.05, 0) is 64.4 Å². The van der Waals surface area contributed by atoms with Gasteiger partial charge in [0.05, 0.1) is 22.1 Å². The summed E-state index contributed by atoms with van der Waals surface area (Å²) in [5.41, 5.74) is 9.75. The molecule has 0 atom stereocenters. The third kappa shape index (κ3) is 3.30. The van der Waals surface area contributed by atoms with Crippen LogP contribution in [0.4, 0.5) is 0 Å². The van der Waals surface area contributed by atoms with E-state index in [9.17, 15) is 0 Å². The summed E-state index contributed by atoms with van der Waals surface area (Å²) in [6, 6.07) is 48.5. The number of hydrogen-bond acceptors (Lipinski definition) is 1. The van der Waals surface area contributed by atoms with Crippen LogP contribution in [-0.2, 0) is 0 Å². The molecule has 0 radical (unpaired) electrons. The molecule has 192 valence electrons. The van der Waals surface area contributed by atoms with E-state index in [0.717, 1.165) is 0 Å². The fourth-order valence-electron chi connectivity index (χ4n) is 6.62. The Bertz CT molecular complexity index is 2360. The van der Waals surface area contributed by atoms with Gasteiger partial charge in [-0.2, -0.15) is 0 Å². The van der Waals surface area contributed by atoms with Gasteiger partial charge in [0, 0.05) is 43.7 Å². The predicted molar refractivity (Wildman–Crippen MR) is 176 cm³/mol. The lowest BCUT2D eigenvalue weighted by Gasteiger charge is -2.12. The Morgan fingerprint density at radius 3 is 1.85 bits per heavy atom. The van der Waals surface area contributed by atoms with Gasteiger partial charge in [0.1, 0.15) is 0 Å². The Labute approximate surface area is 240 Å². The van der Waals surface area contributed by atoms with Crippen LogP contribution in [0.5, 0.6) is 0 Å². The van der Waals surface area contributed by atoms with E-state index in [4.69, 9.17) is 0 Å². The fourth-order valence-corrected chi connectivity index (χ4v) is 7.42. The van der Waals surface area contributed by atoms with Crippen molar-refractivity contribution in [2.24, 2.45) is 0 Å². The molecule has 0 N–H and O–H groups in total. The Balaban J connectivity index is 1.18. The minimum Gasteiger partial charge on any atom is -0.309 e. The van der Waals surface area contributed by atoms with E-state index in [-0.39, 0.29) is 0 Å². The van der Waals surface area contributed by atoms with Gasteiger partial charge in [0.2, 0.25) is 0 Å². The molecule has 0 aliphatic heterocycles. The van der Waals surface area contributed by atoms with Gasteiger partial charge in [-0.3, -0.25) is 0 Å². The van der Waals surface area contributed by atoms with E-state index in [1.54, 1.807) is 11.3 Å². The largest absolute Gasteiger partial charge is 0.309 e. The Morgan fingerprint density at radius 2 is 1.07 bits per heavy atom. The summed E-state index contributed by atoms with van der Waals surface area (Å²) in [6.07, 6.45) is 0. The van der Waals surface area contributed by atoms with Gasteiger partial charge in [0.15, 0.2) is 0 Å². The molecule has 0 spiro atoms. The van der Waals surface area contributed by atoms with Crippen molar-refractivity contribution in [1.29, 1.82) is 0 Å². The van der Waals surface area contributed by atoms with Crippen LogP contribution in [0.1, 0.15) is 0 Å². The summed E-state index contributed by atoms with van der Waals surface area (Å²) in [5, 5.41) is 12.4. The zero-order chi connectivity index (χ0) is 26.9. The molecular weight excluding hydrogens is 516 g/mol. The number of nitrogens with zero attached hydrogens (tertiary/aromatic N) is 2. The molecule has 3 heteroatoms. The number of hydrogen-bond donors (Lipinski definition) is 0. The zero-order valence-electron chi connectivity index (χ0n) is 22.2. The molecule has 6 aromatic carbocycles. The summed E-state index contributed by atoms with van der Waals surface area (Å²) >= 11 is 1.77. The number of fused-ring (bicyclic) bond motifs is 8. The van der Waals surface area contributed by atoms with Crippen LogP contribution in [0.2, 0.25) is 0 Å². The summed E-state index contributed by atoms with van der Waals surface area (Å²) in [4.78, 5) is 0. The Hall–Kier alpha value is -5.12. The lowest BCUT2D eigenvalue weighted by molar-refractivity contribution is 1.18. The topological polar surface area (TPSA) is 9.86 Å².